The number of para-hydroxylation sites is 1. The van der Waals surface area contributed by atoms with E-state index in [1.54, 1.807) is 38.1 Å². The van der Waals surface area contributed by atoms with Crippen molar-refractivity contribution in [2.45, 2.75) is 13.8 Å². The monoisotopic (exact) mass is 321 g/mol. The summed E-state index contributed by atoms with van der Waals surface area (Å²) < 4.78 is 4.98. The normalized spacial score (nSPS) is 9.50. The molecule has 0 amide bonds. The number of H-pyrrole nitrogens is 1. The Labute approximate surface area is 139 Å². The molecule has 0 fully saturated rings. The molecule has 2 aromatic rings. The third kappa shape index (κ3) is 3.60. The van der Waals surface area contributed by atoms with Crippen molar-refractivity contribution in [1.82, 2.24) is 9.97 Å². The summed E-state index contributed by atoms with van der Waals surface area (Å²) in [5, 5.41) is 20.5. The summed E-state index contributed by atoms with van der Waals surface area (Å²) in [4.78, 5) is 19.2. The fraction of sp³-hybridized carbons (Fsp3) is 0.176. The minimum Gasteiger partial charge on any atom is -0.461 e. The first-order valence-corrected chi connectivity index (χ1v) is 7.20. The Bertz CT molecular complexity index is 852. The van der Waals surface area contributed by atoms with Crippen LogP contribution in [0.5, 0.6) is 0 Å². The molecule has 7 nitrogen and oxygen atoms in total. The summed E-state index contributed by atoms with van der Waals surface area (Å²) >= 11 is 0. The van der Waals surface area contributed by atoms with Crippen LogP contribution in [0.2, 0.25) is 0 Å². The zero-order valence-corrected chi connectivity index (χ0v) is 13.3. The number of nitrogens with one attached hydrogen (secondary N) is 2. The highest BCUT2D eigenvalue weighted by atomic mass is 16.5. The van der Waals surface area contributed by atoms with E-state index < -0.39 is 5.97 Å². The minimum absolute atomic E-state index is 0.0485. The van der Waals surface area contributed by atoms with Gasteiger partial charge in [0.1, 0.15) is 23.5 Å². The van der Waals surface area contributed by atoms with Crippen LogP contribution in [-0.2, 0) is 4.74 Å². The van der Waals surface area contributed by atoms with Crippen molar-refractivity contribution < 1.29 is 9.53 Å². The number of hydrogen-bond acceptors (Lipinski definition) is 6. The molecular formula is C17H15N5O2. The Balaban J connectivity index is 2.39. The molecule has 1 aromatic heterocycles. The Kier molecular flexibility index (Phi) is 5.32. The molecule has 24 heavy (non-hydrogen) atoms. The van der Waals surface area contributed by atoms with Gasteiger partial charge in [0.25, 0.3) is 0 Å². The van der Waals surface area contributed by atoms with Gasteiger partial charge in [-0.1, -0.05) is 12.1 Å². The third-order valence-corrected chi connectivity index (χ3v) is 3.15. The number of allylic oxidation sites excluding steroid dienone is 1. The zero-order chi connectivity index (χ0) is 17.5. The van der Waals surface area contributed by atoms with E-state index in [1.165, 1.54) is 6.20 Å². The second-order valence-electron chi connectivity index (χ2n) is 4.75. The van der Waals surface area contributed by atoms with E-state index in [0.29, 0.717) is 22.8 Å². The molecule has 0 spiro atoms. The van der Waals surface area contributed by atoms with Crippen LogP contribution in [0.15, 0.2) is 36.0 Å². The van der Waals surface area contributed by atoms with Crippen molar-refractivity contribution in [3.8, 4) is 23.5 Å². The van der Waals surface area contributed by atoms with Crippen molar-refractivity contribution in [2.24, 2.45) is 0 Å². The number of aryl methyl sites for hydroxylation is 1. The van der Waals surface area contributed by atoms with Gasteiger partial charge in [0.15, 0.2) is 5.69 Å². The lowest BCUT2D eigenvalue weighted by Gasteiger charge is -2.06. The molecule has 1 aromatic carbocycles. The van der Waals surface area contributed by atoms with Crippen molar-refractivity contribution in [3.63, 3.8) is 0 Å². The number of hydrogen-bond donors (Lipinski definition) is 2. The lowest BCUT2D eigenvalue weighted by atomic mass is 10.1. The summed E-state index contributed by atoms with van der Waals surface area (Å²) in [6.45, 7) is 3.74. The number of carbonyl (C=O) groups is 1. The Morgan fingerprint density at radius 2 is 2.08 bits per heavy atom. The maximum Gasteiger partial charge on any atom is 0.358 e. The van der Waals surface area contributed by atoms with Crippen LogP contribution >= 0.6 is 0 Å². The molecule has 0 radical (unpaired) electrons. The third-order valence-electron chi connectivity index (χ3n) is 3.15. The van der Waals surface area contributed by atoms with E-state index in [-0.39, 0.29) is 17.9 Å². The molecule has 0 saturated heterocycles. The second-order valence-corrected chi connectivity index (χ2v) is 4.75. The highest BCUT2D eigenvalue weighted by molar-refractivity contribution is 5.90. The quantitative estimate of drug-likeness (QED) is 0.646. The fourth-order valence-electron chi connectivity index (χ4n) is 2.04. The van der Waals surface area contributed by atoms with Crippen LogP contribution in [0.25, 0.3) is 11.4 Å². The van der Waals surface area contributed by atoms with Gasteiger partial charge in [0.05, 0.1) is 6.61 Å². The van der Waals surface area contributed by atoms with Gasteiger partial charge in [-0.3, -0.25) is 0 Å². The van der Waals surface area contributed by atoms with E-state index in [4.69, 9.17) is 15.3 Å². The highest BCUT2D eigenvalue weighted by Crippen LogP contribution is 2.26. The summed E-state index contributed by atoms with van der Waals surface area (Å²) in [6, 6.07) is 10.8. The van der Waals surface area contributed by atoms with E-state index in [9.17, 15) is 4.79 Å². The predicted octanol–water partition coefficient (Wildman–Crippen LogP) is 2.90. The Morgan fingerprint density at radius 3 is 2.75 bits per heavy atom. The number of esters is 1. The van der Waals surface area contributed by atoms with Gasteiger partial charge in [-0.2, -0.15) is 10.5 Å². The smallest absolute Gasteiger partial charge is 0.358 e. The molecule has 0 atom stereocenters. The Morgan fingerprint density at radius 1 is 1.38 bits per heavy atom. The van der Waals surface area contributed by atoms with Crippen LogP contribution in [0, 0.1) is 29.6 Å². The summed E-state index contributed by atoms with van der Waals surface area (Å²) in [5.41, 5.74) is 2.12. The van der Waals surface area contributed by atoms with Crippen LogP contribution in [0.3, 0.4) is 0 Å². The van der Waals surface area contributed by atoms with Crippen molar-refractivity contribution in [2.75, 3.05) is 11.9 Å². The fourth-order valence-corrected chi connectivity index (χ4v) is 2.04. The maximum atomic E-state index is 11.9. The first kappa shape index (κ1) is 16.8. The molecule has 1 heterocycles. The second kappa shape index (κ2) is 7.61. The molecule has 120 valence electrons. The van der Waals surface area contributed by atoms with Gasteiger partial charge in [-0.25, -0.2) is 9.78 Å². The van der Waals surface area contributed by atoms with Crippen LogP contribution in [0.1, 0.15) is 23.1 Å². The number of nitrogens with zero attached hydrogens (tertiary/aromatic N) is 3. The molecule has 0 aliphatic carbocycles. The van der Waals surface area contributed by atoms with Crippen LogP contribution in [-0.4, -0.2) is 22.5 Å². The molecule has 0 aliphatic rings. The molecule has 0 aliphatic heterocycles. The summed E-state index contributed by atoms with van der Waals surface area (Å²) in [7, 11) is 0. The van der Waals surface area contributed by atoms with E-state index in [2.05, 4.69) is 15.3 Å². The van der Waals surface area contributed by atoms with Crippen molar-refractivity contribution in [3.05, 3.63) is 47.4 Å². The average Bonchev–Trinajstić information content (AvgIpc) is 2.98. The van der Waals surface area contributed by atoms with Crippen molar-refractivity contribution in [1.29, 1.82) is 10.5 Å². The zero-order valence-electron chi connectivity index (χ0n) is 13.3. The lowest BCUT2D eigenvalue weighted by Crippen LogP contribution is -2.06. The first-order valence-electron chi connectivity index (χ1n) is 7.20. The molecule has 2 N–H and O–H groups in total. The maximum absolute atomic E-state index is 11.9. The number of benzene rings is 1. The number of carbonyl (C=O) groups excluding carboxylic acids is 1. The number of imidazole rings is 1. The van der Waals surface area contributed by atoms with Gasteiger partial charge >= 0.3 is 5.97 Å². The molecular weight excluding hydrogens is 306 g/mol. The van der Waals surface area contributed by atoms with Crippen LogP contribution in [0.4, 0.5) is 5.69 Å². The van der Waals surface area contributed by atoms with Gasteiger partial charge in [-0.15, -0.1) is 0 Å². The lowest BCUT2D eigenvalue weighted by molar-refractivity contribution is 0.0519. The number of rotatable bonds is 5. The van der Waals surface area contributed by atoms with Gasteiger partial charge < -0.3 is 15.0 Å². The molecule has 0 saturated carbocycles. The number of ether oxygens (including phenoxy) is 1. The molecule has 0 bridgehead atoms. The van der Waals surface area contributed by atoms with Crippen LogP contribution < -0.4 is 5.32 Å². The Hall–Kier alpha value is -3.58. The molecule has 7 heteroatoms. The molecule has 0 unspecified atom stereocenters. The SMILES string of the molecule is CCOC(=O)c1nc(-c2ccccc2NC=C(C#N)C#N)[nH]c1C. The largest absolute Gasteiger partial charge is 0.461 e. The molecule has 2 rings (SSSR count). The topological polar surface area (TPSA) is 115 Å². The van der Waals surface area contributed by atoms with Gasteiger partial charge in [0, 0.05) is 23.1 Å². The number of aromatic nitrogens is 2. The van der Waals surface area contributed by atoms with E-state index >= 15 is 0 Å². The predicted molar refractivity (Wildman–Crippen MR) is 87.6 cm³/mol. The van der Waals surface area contributed by atoms with Crippen molar-refractivity contribution >= 4 is 11.7 Å². The van der Waals surface area contributed by atoms with E-state index in [1.807, 2.05) is 12.1 Å². The first-order chi connectivity index (χ1) is 11.6. The number of anilines is 1. The summed E-state index contributed by atoms with van der Waals surface area (Å²) in [5.74, 6) is 0.00148. The van der Waals surface area contributed by atoms with Gasteiger partial charge in [-0.05, 0) is 26.0 Å². The van der Waals surface area contributed by atoms with Gasteiger partial charge in [0.2, 0.25) is 0 Å². The standard InChI is InChI=1S/C17H15N5O2/c1-3-24-17(23)15-11(2)21-16(22-15)13-6-4-5-7-14(13)20-10-12(8-18)9-19/h4-7,10,20H,3H2,1-2H3,(H,21,22). The highest BCUT2D eigenvalue weighted by Gasteiger charge is 2.17. The summed E-state index contributed by atoms with van der Waals surface area (Å²) in [6.07, 6.45) is 1.32. The average molecular weight is 321 g/mol. The number of nitriles is 2. The number of aromatic amines is 1. The minimum atomic E-state index is -0.487. The van der Waals surface area contributed by atoms with E-state index in [0.717, 1.165) is 0 Å².